The molecule has 2 rings (SSSR count). The van der Waals surface area contributed by atoms with Crippen molar-refractivity contribution in [2.75, 3.05) is 0 Å². The Hall–Kier alpha value is -0.0138. The molecule has 0 saturated heterocycles. The van der Waals surface area contributed by atoms with Crippen LogP contribution in [0.2, 0.25) is 0 Å². The molecule has 84 valence electrons. The largest absolute Gasteiger partial charge is 2.00 e. The summed E-state index contributed by atoms with van der Waals surface area (Å²) in [4.78, 5) is 0. The number of benzene rings is 1. The fourth-order valence-corrected chi connectivity index (χ4v) is 1.92. The van der Waals surface area contributed by atoms with Crippen molar-refractivity contribution in [2.24, 2.45) is 5.92 Å². The molecule has 0 heterocycles. The summed E-state index contributed by atoms with van der Waals surface area (Å²) < 4.78 is 0. The molecule has 1 aliphatic carbocycles. The van der Waals surface area contributed by atoms with E-state index in [1.807, 2.05) is 30.3 Å². The van der Waals surface area contributed by atoms with Crippen molar-refractivity contribution in [1.29, 1.82) is 0 Å². The second kappa shape index (κ2) is 11.5. The van der Waals surface area contributed by atoms with E-state index >= 15 is 0 Å². The van der Waals surface area contributed by atoms with Gasteiger partial charge in [0.05, 0.1) is 0 Å². The molecule has 0 nitrogen and oxygen atoms in total. The normalized spacial score (nSPS) is 18.2. The molecule has 0 radical (unpaired) electrons. The van der Waals surface area contributed by atoms with Gasteiger partial charge in [0, 0.05) is 0 Å². The topological polar surface area (TPSA) is 0 Å². The van der Waals surface area contributed by atoms with E-state index in [-0.39, 0.29) is 23.1 Å². The molecule has 0 aliphatic heterocycles. The van der Waals surface area contributed by atoms with Gasteiger partial charge in [0.2, 0.25) is 0 Å². The number of rotatable bonds is 3. The minimum atomic E-state index is 0. The third kappa shape index (κ3) is 8.17. The smallest absolute Gasteiger partial charge is 0.328 e. The first kappa shape index (κ1) is 16.0. The molecule has 0 N–H and O–H groups in total. The molecular weight excluding hydrogens is 204 g/mol. The third-order valence-electron chi connectivity index (χ3n) is 2.85. The Morgan fingerprint density at radius 2 is 2.00 bits per heavy atom. The molecule has 1 aliphatic rings. The SMILES string of the molecule is CCCCC1C[CH-]CC1.[Mg+2].[c-]1ccccc1. The molecule has 1 aromatic carbocycles. The summed E-state index contributed by atoms with van der Waals surface area (Å²) in [6.07, 6.45) is 11.0. The van der Waals surface area contributed by atoms with Crippen LogP contribution in [-0.2, 0) is 0 Å². The van der Waals surface area contributed by atoms with E-state index in [0.29, 0.717) is 0 Å². The quantitative estimate of drug-likeness (QED) is 0.533. The number of hydrogen-bond acceptors (Lipinski definition) is 0. The summed E-state index contributed by atoms with van der Waals surface area (Å²) >= 11 is 0. The first-order chi connectivity index (χ1) is 7.43. The second-order valence-electron chi connectivity index (χ2n) is 4.19. The van der Waals surface area contributed by atoms with Crippen LogP contribution in [0.3, 0.4) is 0 Å². The van der Waals surface area contributed by atoms with Crippen molar-refractivity contribution >= 4 is 23.1 Å². The van der Waals surface area contributed by atoms with Crippen molar-refractivity contribution in [2.45, 2.75) is 45.4 Å². The summed E-state index contributed by atoms with van der Waals surface area (Å²) in [5, 5.41) is 0. The average molecular weight is 227 g/mol. The second-order valence-corrected chi connectivity index (χ2v) is 4.19. The minimum absolute atomic E-state index is 0. The van der Waals surface area contributed by atoms with E-state index in [0.717, 1.165) is 5.92 Å². The van der Waals surface area contributed by atoms with Crippen molar-refractivity contribution in [3.05, 3.63) is 42.8 Å². The Kier molecular flexibility index (Phi) is 11.5. The zero-order valence-electron chi connectivity index (χ0n) is 10.5. The average Bonchev–Trinajstić information content (AvgIpc) is 2.82. The summed E-state index contributed by atoms with van der Waals surface area (Å²) in [5.74, 6) is 1.06. The fourth-order valence-electron chi connectivity index (χ4n) is 1.92. The van der Waals surface area contributed by atoms with Crippen LogP contribution < -0.4 is 0 Å². The molecule has 1 atom stereocenters. The fraction of sp³-hybridized carbons (Fsp3) is 0.533. The molecule has 1 aromatic rings. The third-order valence-corrected chi connectivity index (χ3v) is 2.85. The van der Waals surface area contributed by atoms with Crippen molar-refractivity contribution in [3.8, 4) is 0 Å². The van der Waals surface area contributed by atoms with Crippen LogP contribution in [0.5, 0.6) is 0 Å². The Labute approximate surface area is 117 Å². The Bertz CT molecular complexity index is 187. The molecule has 0 aromatic heterocycles. The minimum Gasteiger partial charge on any atom is -0.328 e. The van der Waals surface area contributed by atoms with Crippen LogP contribution in [0.4, 0.5) is 0 Å². The molecule has 0 amide bonds. The van der Waals surface area contributed by atoms with E-state index in [1.165, 1.54) is 38.5 Å². The molecule has 16 heavy (non-hydrogen) atoms. The van der Waals surface area contributed by atoms with Crippen molar-refractivity contribution < 1.29 is 0 Å². The van der Waals surface area contributed by atoms with Gasteiger partial charge in [-0.05, 0) is 0 Å². The van der Waals surface area contributed by atoms with Crippen LogP contribution in [0.1, 0.15) is 45.4 Å². The number of unbranched alkanes of at least 4 members (excludes halogenated alkanes) is 1. The maximum Gasteiger partial charge on any atom is 2.00 e. The number of hydrogen-bond donors (Lipinski definition) is 0. The predicted molar refractivity (Wildman–Crippen MR) is 72.2 cm³/mol. The van der Waals surface area contributed by atoms with E-state index in [1.54, 1.807) is 0 Å². The first-order valence-electron chi connectivity index (χ1n) is 6.16. The Balaban J connectivity index is 0.000000283. The zero-order valence-corrected chi connectivity index (χ0v) is 11.9. The Morgan fingerprint density at radius 1 is 1.25 bits per heavy atom. The summed E-state index contributed by atoms with van der Waals surface area (Å²) in [6, 6.07) is 12.5. The maximum absolute atomic E-state index is 2.89. The standard InChI is InChI=1S/C9H17.C6H5.Mg/c1-2-3-6-9-7-4-5-8-9;1-2-4-6-5-3-1;/h4,9H,2-3,5-8H2,1H3;1-5H;/q2*-1;+2. The molecule has 1 unspecified atom stereocenters. The van der Waals surface area contributed by atoms with Crippen LogP contribution in [0, 0.1) is 18.4 Å². The van der Waals surface area contributed by atoms with E-state index < -0.39 is 0 Å². The Morgan fingerprint density at radius 3 is 2.38 bits per heavy atom. The maximum atomic E-state index is 2.89. The molecule has 0 spiro atoms. The van der Waals surface area contributed by atoms with Gasteiger partial charge in [0.15, 0.2) is 0 Å². The van der Waals surface area contributed by atoms with Crippen LogP contribution in [0.15, 0.2) is 30.3 Å². The van der Waals surface area contributed by atoms with Crippen LogP contribution in [0.25, 0.3) is 0 Å². The van der Waals surface area contributed by atoms with Gasteiger partial charge in [0.1, 0.15) is 0 Å². The van der Waals surface area contributed by atoms with Gasteiger partial charge in [-0.3, -0.25) is 0 Å². The van der Waals surface area contributed by atoms with Gasteiger partial charge in [-0.1, -0.05) is 38.5 Å². The molecule has 1 heteroatoms. The van der Waals surface area contributed by atoms with Crippen molar-refractivity contribution in [3.63, 3.8) is 0 Å². The van der Waals surface area contributed by atoms with Gasteiger partial charge in [-0.15, -0.1) is 0 Å². The van der Waals surface area contributed by atoms with Gasteiger partial charge >= 0.3 is 23.1 Å². The monoisotopic (exact) mass is 226 g/mol. The van der Waals surface area contributed by atoms with Crippen LogP contribution in [-0.4, -0.2) is 23.1 Å². The van der Waals surface area contributed by atoms with E-state index in [2.05, 4.69) is 19.4 Å². The molecule has 0 bridgehead atoms. The van der Waals surface area contributed by atoms with Gasteiger partial charge < -0.3 is 6.42 Å². The predicted octanol–water partition coefficient (Wildman–Crippen LogP) is 4.29. The van der Waals surface area contributed by atoms with Crippen LogP contribution >= 0.6 is 0 Å². The molecule has 1 fully saturated rings. The zero-order chi connectivity index (χ0) is 10.8. The summed E-state index contributed by atoms with van der Waals surface area (Å²) in [6.45, 7) is 2.28. The van der Waals surface area contributed by atoms with E-state index in [9.17, 15) is 0 Å². The summed E-state index contributed by atoms with van der Waals surface area (Å²) in [7, 11) is 0. The van der Waals surface area contributed by atoms with Crippen molar-refractivity contribution in [1.82, 2.24) is 0 Å². The summed E-state index contributed by atoms with van der Waals surface area (Å²) in [5.41, 5.74) is 0. The van der Waals surface area contributed by atoms with Gasteiger partial charge in [-0.2, -0.15) is 49.2 Å². The molecule has 1 saturated carbocycles. The molecular formula is C15H22Mg. The van der Waals surface area contributed by atoms with Gasteiger partial charge in [-0.25, -0.2) is 0 Å². The van der Waals surface area contributed by atoms with E-state index in [4.69, 9.17) is 0 Å². The van der Waals surface area contributed by atoms with Gasteiger partial charge in [0.25, 0.3) is 0 Å². The first-order valence-corrected chi connectivity index (χ1v) is 6.16.